The number of benzene rings is 1. The van der Waals surface area contributed by atoms with Crippen LogP contribution in [0.15, 0.2) is 34.2 Å². The van der Waals surface area contributed by atoms with Crippen molar-refractivity contribution in [3.63, 3.8) is 0 Å². The molecule has 9 nitrogen and oxygen atoms in total. The van der Waals surface area contributed by atoms with Crippen molar-refractivity contribution in [2.45, 2.75) is 37.4 Å². The predicted molar refractivity (Wildman–Crippen MR) is 100 cm³/mol. The molecule has 0 spiro atoms. The van der Waals surface area contributed by atoms with Gasteiger partial charge in [-0.3, -0.25) is 19.3 Å². The van der Waals surface area contributed by atoms with Crippen LogP contribution < -0.4 is 4.72 Å². The summed E-state index contributed by atoms with van der Waals surface area (Å²) in [6.45, 7) is 4.42. The number of carbonyl (C=O) groups excluding carboxylic acids is 2. The molecule has 28 heavy (non-hydrogen) atoms. The lowest BCUT2D eigenvalue weighted by molar-refractivity contribution is -0.157. The first-order chi connectivity index (χ1) is 13.3. The van der Waals surface area contributed by atoms with Gasteiger partial charge in [-0.25, -0.2) is 8.42 Å². The Morgan fingerprint density at radius 3 is 2.64 bits per heavy atom. The molecule has 0 bridgehead atoms. The summed E-state index contributed by atoms with van der Waals surface area (Å²) in [7, 11) is -3.61. The number of hydrogen-bond acceptors (Lipinski definition) is 7. The topological polar surface area (TPSA) is 114 Å². The quantitative estimate of drug-likeness (QED) is 0.700. The largest absolute Gasteiger partial charge is 0.456 e. The zero-order chi connectivity index (χ0) is 20.3. The zero-order valence-electron chi connectivity index (χ0n) is 15.8. The molecule has 1 aromatic rings. The van der Waals surface area contributed by atoms with Crippen LogP contribution >= 0.6 is 0 Å². The van der Waals surface area contributed by atoms with Crippen LogP contribution in [0.3, 0.4) is 0 Å². The van der Waals surface area contributed by atoms with E-state index in [9.17, 15) is 18.0 Å². The fraction of sp³-hybridized carbons (Fsp3) is 0.500. The minimum Gasteiger partial charge on any atom is -0.456 e. The summed E-state index contributed by atoms with van der Waals surface area (Å²) in [5.41, 5.74) is 0.474. The van der Waals surface area contributed by atoms with Crippen LogP contribution in [0.5, 0.6) is 0 Å². The number of aliphatic imine (C=N–C) groups is 1. The summed E-state index contributed by atoms with van der Waals surface area (Å²) in [6.07, 6.45) is -0.175. The van der Waals surface area contributed by atoms with E-state index in [0.717, 1.165) is 0 Å². The van der Waals surface area contributed by atoms with Crippen LogP contribution in [0, 0.1) is 0 Å². The van der Waals surface area contributed by atoms with E-state index >= 15 is 0 Å². The highest BCUT2D eigenvalue weighted by atomic mass is 32.2. The highest BCUT2D eigenvalue weighted by molar-refractivity contribution is 7.90. The van der Waals surface area contributed by atoms with E-state index < -0.39 is 16.0 Å². The maximum atomic E-state index is 12.2. The molecular formula is C18H23N3O6S. The lowest BCUT2D eigenvalue weighted by Gasteiger charge is -2.35. The van der Waals surface area contributed by atoms with Crippen LogP contribution in [0.2, 0.25) is 0 Å². The molecule has 0 saturated carbocycles. The third-order valence-corrected chi connectivity index (χ3v) is 5.77. The van der Waals surface area contributed by atoms with Crippen LogP contribution in [0.1, 0.15) is 25.8 Å². The van der Waals surface area contributed by atoms with Gasteiger partial charge < -0.3 is 14.4 Å². The summed E-state index contributed by atoms with van der Waals surface area (Å²) in [5.74, 6) is -0.629. The number of nitrogens with one attached hydrogen (secondary N) is 1. The van der Waals surface area contributed by atoms with Crippen molar-refractivity contribution in [2.24, 2.45) is 4.99 Å². The summed E-state index contributed by atoms with van der Waals surface area (Å²) in [6, 6.07) is 6.48. The average Bonchev–Trinajstić information content (AvgIpc) is 2.90. The number of nitrogens with zero attached hydrogens (tertiary/aromatic N) is 2. The predicted octanol–water partition coefficient (Wildman–Crippen LogP) is 0.294. The number of carbonyl (C=O) groups is 2. The fourth-order valence-electron chi connectivity index (χ4n) is 3.20. The van der Waals surface area contributed by atoms with Gasteiger partial charge in [-0.1, -0.05) is 12.1 Å². The Balaban J connectivity index is 1.48. The molecule has 2 aliphatic heterocycles. The molecule has 0 aromatic heterocycles. The summed E-state index contributed by atoms with van der Waals surface area (Å²) < 4.78 is 37.0. The molecule has 1 amide bonds. The molecule has 1 N–H and O–H groups in total. The van der Waals surface area contributed by atoms with E-state index in [0.29, 0.717) is 18.7 Å². The Morgan fingerprint density at radius 2 is 1.93 bits per heavy atom. The molecule has 0 unspecified atom stereocenters. The monoisotopic (exact) mass is 409 g/mol. The molecule has 152 valence electrons. The van der Waals surface area contributed by atoms with Gasteiger partial charge in [0.15, 0.2) is 6.61 Å². The molecule has 2 heterocycles. The van der Waals surface area contributed by atoms with Crippen LogP contribution in [-0.4, -0.2) is 69.5 Å². The molecular weight excluding hydrogens is 386 g/mol. The van der Waals surface area contributed by atoms with Gasteiger partial charge in [0.2, 0.25) is 0 Å². The Kier molecular flexibility index (Phi) is 5.99. The molecule has 0 aliphatic carbocycles. The summed E-state index contributed by atoms with van der Waals surface area (Å²) in [4.78, 5) is 30.0. The molecule has 1 saturated heterocycles. The highest BCUT2D eigenvalue weighted by Crippen LogP contribution is 2.22. The Bertz CT molecular complexity index is 888. The normalized spacial score (nSPS) is 24.5. The number of rotatable bonds is 5. The minimum absolute atomic E-state index is 0.0465. The Labute approximate surface area is 163 Å². The molecule has 3 rings (SSSR count). The number of morpholine rings is 1. The molecule has 10 heteroatoms. The van der Waals surface area contributed by atoms with Crippen LogP contribution in [0.4, 0.5) is 0 Å². The van der Waals surface area contributed by atoms with Gasteiger partial charge in [0.05, 0.1) is 30.1 Å². The van der Waals surface area contributed by atoms with Crippen molar-refractivity contribution in [1.82, 2.24) is 9.62 Å². The molecule has 0 radical (unpaired) electrons. The zero-order valence-corrected chi connectivity index (χ0v) is 16.6. The van der Waals surface area contributed by atoms with Crippen LogP contribution in [0.25, 0.3) is 0 Å². The van der Waals surface area contributed by atoms with Gasteiger partial charge in [0.25, 0.3) is 15.9 Å². The first kappa shape index (κ1) is 20.3. The fourth-order valence-corrected chi connectivity index (χ4v) is 4.45. The minimum atomic E-state index is -3.61. The van der Waals surface area contributed by atoms with Gasteiger partial charge >= 0.3 is 5.97 Å². The third kappa shape index (κ3) is 4.68. The lowest BCUT2D eigenvalue weighted by Crippen LogP contribution is -2.49. The highest BCUT2D eigenvalue weighted by Gasteiger charge is 2.30. The maximum absolute atomic E-state index is 12.2. The molecule has 2 aliphatic rings. The van der Waals surface area contributed by atoms with Crippen molar-refractivity contribution >= 4 is 27.7 Å². The van der Waals surface area contributed by atoms with E-state index in [1.54, 1.807) is 23.1 Å². The second-order valence-corrected chi connectivity index (χ2v) is 8.45. The number of ether oxygens (including phenoxy) is 2. The average molecular weight is 409 g/mol. The van der Waals surface area contributed by atoms with E-state index in [-0.39, 0.29) is 48.4 Å². The van der Waals surface area contributed by atoms with Crippen LogP contribution in [-0.2, 0) is 29.1 Å². The number of hydrogen-bond donors (Lipinski definition) is 1. The van der Waals surface area contributed by atoms with Gasteiger partial charge in [-0.05, 0) is 26.0 Å². The summed E-state index contributed by atoms with van der Waals surface area (Å²) >= 11 is 0. The van der Waals surface area contributed by atoms with Gasteiger partial charge in [-0.15, -0.1) is 0 Å². The molecule has 1 aromatic carbocycles. The standard InChI is InChI=1S/C18H23N3O6S/c1-12-9-21(10-13(2)27-12)16(22)11-26-17(23)7-8-19-18-14-5-3-4-6-15(14)28(24,25)20-18/h3-6,12-13H,7-11H2,1-2H3,(H,19,20)/t12-,13-/m0/s1. The van der Waals surface area contributed by atoms with E-state index in [2.05, 4.69) is 9.71 Å². The van der Waals surface area contributed by atoms with Crippen molar-refractivity contribution in [1.29, 1.82) is 0 Å². The van der Waals surface area contributed by atoms with E-state index in [1.165, 1.54) is 6.07 Å². The third-order valence-electron chi connectivity index (χ3n) is 4.38. The number of sulfonamides is 1. The number of amidine groups is 1. The maximum Gasteiger partial charge on any atom is 0.308 e. The number of fused-ring (bicyclic) bond motifs is 1. The number of esters is 1. The van der Waals surface area contributed by atoms with Gasteiger partial charge in [-0.2, -0.15) is 0 Å². The first-order valence-corrected chi connectivity index (χ1v) is 10.5. The van der Waals surface area contributed by atoms with Crippen molar-refractivity contribution in [2.75, 3.05) is 26.2 Å². The second kappa shape index (κ2) is 8.27. The summed E-state index contributed by atoms with van der Waals surface area (Å²) in [5, 5.41) is 0. The molecule has 1 fully saturated rings. The molecule has 2 atom stereocenters. The van der Waals surface area contributed by atoms with Gasteiger partial charge in [0, 0.05) is 18.7 Å². The van der Waals surface area contributed by atoms with E-state index in [4.69, 9.17) is 9.47 Å². The smallest absolute Gasteiger partial charge is 0.308 e. The first-order valence-electron chi connectivity index (χ1n) is 9.02. The second-order valence-electron chi connectivity index (χ2n) is 6.80. The van der Waals surface area contributed by atoms with Crippen molar-refractivity contribution < 1.29 is 27.5 Å². The SMILES string of the molecule is C[C@H]1CN(C(=O)COC(=O)CCN=C2NS(=O)(=O)c3ccccc32)C[C@H](C)O1. The van der Waals surface area contributed by atoms with Gasteiger partial charge in [0.1, 0.15) is 5.84 Å². The Morgan fingerprint density at radius 1 is 1.25 bits per heavy atom. The van der Waals surface area contributed by atoms with Crippen molar-refractivity contribution in [3.8, 4) is 0 Å². The Hall–Kier alpha value is -2.46. The van der Waals surface area contributed by atoms with Crippen molar-refractivity contribution in [3.05, 3.63) is 29.8 Å². The number of amides is 1. The van der Waals surface area contributed by atoms with E-state index in [1.807, 2.05) is 13.8 Å². The lowest BCUT2D eigenvalue weighted by atomic mass is 10.2.